The molecule has 0 aliphatic carbocycles. The van der Waals surface area contributed by atoms with Crippen molar-refractivity contribution in [3.8, 4) is 0 Å². The van der Waals surface area contributed by atoms with Crippen LogP contribution in [0.5, 0.6) is 0 Å². The summed E-state index contributed by atoms with van der Waals surface area (Å²) in [5.74, 6) is -2.77. The van der Waals surface area contributed by atoms with E-state index in [9.17, 15) is 24.6 Å². The molecule has 10 nitrogen and oxygen atoms in total. The van der Waals surface area contributed by atoms with Crippen LogP contribution in [0, 0.1) is 6.92 Å². The maximum absolute atomic E-state index is 12.3. The number of benzene rings is 1. The highest BCUT2D eigenvalue weighted by Gasteiger charge is 2.24. The maximum Gasteiger partial charge on any atom is 0.342 e. The Balaban J connectivity index is 2.14. The van der Waals surface area contributed by atoms with E-state index in [4.69, 9.17) is 9.15 Å². The van der Waals surface area contributed by atoms with Gasteiger partial charge in [0.2, 0.25) is 5.71 Å². The zero-order valence-electron chi connectivity index (χ0n) is 14.8. The molecule has 144 valence electrons. The van der Waals surface area contributed by atoms with Crippen LogP contribution in [-0.2, 0) is 4.74 Å². The third kappa shape index (κ3) is 3.47. The quantitative estimate of drug-likeness (QED) is 0.540. The number of hydrogen-bond donors (Lipinski definition) is 3. The fraction of sp³-hybridized carbons (Fsp3) is 0.167. The number of carbonyl (C=O) groups excluding carboxylic acids is 1. The number of carboxylic acid groups (broad SMARTS) is 2. The van der Waals surface area contributed by atoms with Gasteiger partial charge in [-0.25, -0.2) is 24.4 Å². The number of nitrogens with zero attached hydrogens (tertiary/aromatic N) is 2. The van der Waals surface area contributed by atoms with Gasteiger partial charge >= 0.3 is 17.9 Å². The van der Waals surface area contributed by atoms with E-state index in [0.717, 1.165) is 6.07 Å². The fourth-order valence-electron chi connectivity index (χ4n) is 2.67. The highest BCUT2D eigenvalue weighted by molar-refractivity contribution is 6.08. The van der Waals surface area contributed by atoms with Gasteiger partial charge in [-0.15, -0.1) is 0 Å². The van der Waals surface area contributed by atoms with Crippen LogP contribution >= 0.6 is 0 Å². The minimum atomic E-state index is -1.29. The molecule has 2 aromatic heterocycles. The van der Waals surface area contributed by atoms with E-state index >= 15 is 0 Å². The van der Waals surface area contributed by atoms with E-state index in [1.165, 1.54) is 18.5 Å². The standard InChI is InChI=1S/C18H15N3O7/c1-3-27-18(26)12-8(2)28-15-13(12)14(19-7-20-15)21-11-5-9(16(22)23)4-10(6-11)17(24)25/h4-7H,3H2,1-2H3,(H,22,23)(H,24,25)(H,19,20,21). The third-order valence-electron chi connectivity index (χ3n) is 3.83. The largest absolute Gasteiger partial charge is 0.478 e. The number of esters is 1. The molecule has 3 aromatic rings. The number of fused-ring (bicyclic) bond motifs is 1. The molecular formula is C18H15N3O7. The molecule has 0 unspecified atom stereocenters. The Morgan fingerprint density at radius 1 is 1.11 bits per heavy atom. The number of nitrogens with one attached hydrogen (secondary N) is 1. The SMILES string of the molecule is CCOC(=O)c1c(C)oc2ncnc(Nc3cc(C(=O)O)cc(C(=O)O)c3)c12. The van der Waals surface area contributed by atoms with E-state index < -0.39 is 17.9 Å². The Bertz CT molecular complexity index is 1070. The van der Waals surface area contributed by atoms with E-state index in [1.54, 1.807) is 13.8 Å². The zero-order chi connectivity index (χ0) is 20.4. The Hall–Kier alpha value is -3.95. The Kier molecular flexibility index (Phi) is 4.94. The summed E-state index contributed by atoms with van der Waals surface area (Å²) in [7, 11) is 0. The topological polar surface area (TPSA) is 152 Å². The second kappa shape index (κ2) is 7.35. The first kappa shape index (κ1) is 18.8. The van der Waals surface area contributed by atoms with Crippen LogP contribution in [0.2, 0.25) is 0 Å². The fourth-order valence-corrected chi connectivity index (χ4v) is 2.67. The summed E-state index contributed by atoms with van der Waals surface area (Å²) in [6.07, 6.45) is 1.20. The number of carbonyl (C=O) groups is 3. The normalized spacial score (nSPS) is 10.6. The number of aromatic nitrogens is 2. The highest BCUT2D eigenvalue weighted by Crippen LogP contribution is 2.31. The number of hydrogen-bond acceptors (Lipinski definition) is 8. The van der Waals surface area contributed by atoms with Gasteiger partial charge in [0.05, 0.1) is 23.1 Å². The van der Waals surface area contributed by atoms with Gasteiger partial charge in [0.25, 0.3) is 0 Å². The molecule has 2 heterocycles. The van der Waals surface area contributed by atoms with Gasteiger partial charge in [0.1, 0.15) is 23.5 Å². The predicted molar refractivity (Wildman–Crippen MR) is 96.1 cm³/mol. The van der Waals surface area contributed by atoms with Gasteiger partial charge in [-0.1, -0.05) is 0 Å². The van der Waals surface area contributed by atoms with Gasteiger partial charge in [-0.3, -0.25) is 0 Å². The molecule has 0 amide bonds. The monoisotopic (exact) mass is 385 g/mol. The Morgan fingerprint density at radius 3 is 2.32 bits per heavy atom. The minimum Gasteiger partial charge on any atom is -0.478 e. The lowest BCUT2D eigenvalue weighted by Crippen LogP contribution is -2.07. The molecule has 0 spiro atoms. The van der Waals surface area contributed by atoms with Crippen LogP contribution in [0.1, 0.15) is 43.8 Å². The molecule has 3 rings (SSSR count). The van der Waals surface area contributed by atoms with Crippen LogP contribution in [0.15, 0.2) is 28.9 Å². The first-order valence-electron chi connectivity index (χ1n) is 8.11. The number of rotatable bonds is 6. The lowest BCUT2D eigenvalue weighted by Gasteiger charge is -2.09. The van der Waals surface area contributed by atoms with Crippen LogP contribution in [0.3, 0.4) is 0 Å². The number of ether oxygens (including phenoxy) is 1. The van der Waals surface area contributed by atoms with Gasteiger partial charge in [-0.05, 0) is 32.0 Å². The molecule has 0 aliphatic heterocycles. The van der Waals surface area contributed by atoms with Crippen molar-refractivity contribution in [1.29, 1.82) is 0 Å². The number of carboxylic acids is 2. The summed E-state index contributed by atoms with van der Waals surface area (Å²) < 4.78 is 10.5. The number of anilines is 2. The lowest BCUT2D eigenvalue weighted by atomic mass is 10.1. The second-order valence-electron chi connectivity index (χ2n) is 5.69. The molecule has 0 aliphatic rings. The van der Waals surface area contributed by atoms with E-state index in [1.807, 2.05) is 0 Å². The molecule has 0 radical (unpaired) electrons. The molecule has 0 bridgehead atoms. The predicted octanol–water partition coefficient (Wildman–Crippen LogP) is 2.85. The van der Waals surface area contributed by atoms with Gasteiger partial charge in [-0.2, -0.15) is 0 Å². The summed E-state index contributed by atoms with van der Waals surface area (Å²) in [6, 6.07) is 3.54. The second-order valence-corrected chi connectivity index (χ2v) is 5.69. The molecule has 3 N–H and O–H groups in total. The molecule has 10 heteroatoms. The van der Waals surface area contributed by atoms with Crippen molar-refractivity contribution >= 4 is 40.5 Å². The smallest absolute Gasteiger partial charge is 0.342 e. The molecule has 1 aromatic carbocycles. The van der Waals surface area contributed by atoms with Crippen molar-refractivity contribution in [2.24, 2.45) is 0 Å². The zero-order valence-corrected chi connectivity index (χ0v) is 14.8. The molecule has 0 fully saturated rings. The average Bonchev–Trinajstić information content (AvgIpc) is 2.98. The molecular weight excluding hydrogens is 370 g/mol. The van der Waals surface area contributed by atoms with Crippen molar-refractivity contribution in [3.63, 3.8) is 0 Å². The van der Waals surface area contributed by atoms with Crippen LogP contribution in [0.25, 0.3) is 11.1 Å². The van der Waals surface area contributed by atoms with Gasteiger partial charge in [0.15, 0.2) is 0 Å². The summed E-state index contributed by atoms with van der Waals surface area (Å²) in [5.41, 5.74) is -0.0203. The van der Waals surface area contributed by atoms with E-state index in [-0.39, 0.29) is 51.7 Å². The van der Waals surface area contributed by atoms with Gasteiger partial charge < -0.3 is 24.7 Å². The molecule has 28 heavy (non-hydrogen) atoms. The van der Waals surface area contributed by atoms with E-state index in [2.05, 4.69) is 15.3 Å². The van der Waals surface area contributed by atoms with E-state index in [0.29, 0.717) is 0 Å². The van der Waals surface area contributed by atoms with Crippen molar-refractivity contribution in [1.82, 2.24) is 9.97 Å². The summed E-state index contributed by atoms with van der Waals surface area (Å²) >= 11 is 0. The van der Waals surface area contributed by atoms with Crippen LogP contribution < -0.4 is 5.32 Å². The van der Waals surface area contributed by atoms with Crippen molar-refractivity contribution < 1.29 is 33.8 Å². The Morgan fingerprint density at radius 2 is 1.75 bits per heavy atom. The maximum atomic E-state index is 12.3. The van der Waals surface area contributed by atoms with Crippen molar-refractivity contribution in [2.45, 2.75) is 13.8 Å². The van der Waals surface area contributed by atoms with Crippen LogP contribution in [0.4, 0.5) is 11.5 Å². The number of aryl methyl sites for hydroxylation is 1. The summed E-state index contributed by atoms with van der Waals surface area (Å²) in [4.78, 5) is 43.0. The number of furan rings is 1. The molecule has 0 atom stereocenters. The molecule has 0 saturated carbocycles. The summed E-state index contributed by atoms with van der Waals surface area (Å²) in [5, 5.41) is 21.5. The minimum absolute atomic E-state index is 0.130. The molecule has 0 saturated heterocycles. The van der Waals surface area contributed by atoms with Gasteiger partial charge in [0, 0.05) is 5.69 Å². The number of aromatic carboxylic acids is 2. The van der Waals surface area contributed by atoms with Crippen LogP contribution in [-0.4, -0.2) is 44.7 Å². The van der Waals surface area contributed by atoms with Crippen molar-refractivity contribution in [3.05, 3.63) is 47.0 Å². The van der Waals surface area contributed by atoms with Crippen molar-refractivity contribution in [2.75, 3.05) is 11.9 Å². The highest BCUT2D eigenvalue weighted by atomic mass is 16.5. The first-order valence-corrected chi connectivity index (χ1v) is 8.11. The third-order valence-corrected chi connectivity index (χ3v) is 3.83. The first-order chi connectivity index (χ1) is 13.3. The average molecular weight is 385 g/mol. The summed E-state index contributed by atoms with van der Waals surface area (Å²) in [6.45, 7) is 3.39. The Labute approximate surface area is 157 Å². The lowest BCUT2D eigenvalue weighted by molar-refractivity contribution is 0.0525.